The Morgan fingerprint density at radius 3 is 2.73 bits per heavy atom. The predicted octanol–water partition coefficient (Wildman–Crippen LogP) is 0.193. The van der Waals surface area contributed by atoms with Crippen molar-refractivity contribution in [2.24, 2.45) is 0 Å². The summed E-state index contributed by atoms with van der Waals surface area (Å²) in [6.45, 7) is 2.29. The number of carbonyl (C=O) groups excluding carboxylic acids is 2. The Bertz CT molecular complexity index is 848. The monoisotopic (exact) mass is 379 g/mol. The van der Waals surface area contributed by atoms with Crippen molar-refractivity contribution < 1.29 is 22.7 Å². The largest absolute Gasteiger partial charge is 0.378 e. The number of amides is 2. The number of benzene rings is 1. The Hall–Kier alpha value is -1.97. The van der Waals surface area contributed by atoms with Gasteiger partial charge in [0.25, 0.3) is 0 Å². The Balaban J connectivity index is 1.59. The van der Waals surface area contributed by atoms with Crippen LogP contribution in [-0.4, -0.2) is 68.3 Å². The normalized spacial score (nSPS) is 23.8. The number of morpholine rings is 1. The van der Waals surface area contributed by atoms with Gasteiger partial charge in [-0.05, 0) is 36.6 Å². The molecule has 0 unspecified atom stereocenters. The van der Waals surface area contributed by atoms with E-state index in [1.807, 2.05) is 0 Å². The molecule has 0 saturated carbocycles. The van der Waals surface area contributed by atoms with Crippen molar-refractivity contribution in [3.63, 3.8) is 0 Å². The second kappa shape index (κ2) is 6.64. The van der Waals surface area contributed by atoms with Gasteiger partial charge in [-0.2, -0.15) is 4.31 Å². The average Bonchev–Trinajstić information content (AvgIpc) is 3.27. The van der Waals surface area contributed by atoms with E-state index in [0.717, 1.165) is 0 Å². The van der Waals surface area contributed by atoms with Crippen LogP contribution < -0.4 is 5.32 Å². The second-order valence-electron chi connectivity index (χ2n) is 6.76. The number of sulfonamides is 1. The number of nitrogens with one attached hydrogen (secondary N) is 1. The van der Waals surface area contributed by atoms with E-state index in [1.165, 1.54) is 16.4 Å². The lowest BCUT2D eigenvalue weighted by molar-refractivity contribution is -0.138. The summed E-state index contributed by atoms with van der Waals surface area (Å²) < 4.78 is 32.9. The molecule has 0 aromatic heterocycles. The van der Waals surface area contributed by atoms with Gasteiger partial charge in [0.1, 0.15) is 6.04 Å². The molecule has 3 aliphatic heterocycles. The van der Waals surface area contributed by atoms with Crippen LogP contribution >= 0.6 is 0 Å². The van der Waals surface area contributed by atoms with Gasteiger partial charge in [-0.1, -0.05) is 0 Å². The highest BCUT2D eigenvalue weighted by Gasteiger charge is 2.41. The van der Waals surface area contributed by atoms with Crippen molar-refractivity contribution in [2.75, 3.05) is 38.2 Å². The van der Waals surface area contributed by atoms with Gasteiger partial charge in [0, 0.05) is 25.3 Å². The molecule has 3 aliphatic rings. The van der Waals surface area contributed by atoms with E-state index < -0.39 is 16.1 Å². The zero-order chi connectivity index (χ0) is 18.3. The minimum Gasteiger partial charge on any atom is -0.378 e. The first-order valence-electron chi connectivity index (χ1n) is 8.78. The summed E-state index contributed by atoms with van der Waals surface area (Å²) >= 11 is 0. The topological polar surface area (TPSA) is 96.0 Å². The van der Waals surface area contributed by atoms with E-state index in [4.69, 9.17) is 4.74 Å². The third-order valence-corrected chi connectivity index (χ3v) is 7.02. The maximum atomic E-state index is 13.1. The predicted molar refractivity (Wildman–Crippen MR) is 93.1 cm³/mol. The van der Waals surface area contributed by atoms with Crippen LogP contribution in [0, 0.1) is 0 Å². The van der Waals surface area contributed by atoms with Crippen molar-refractivity contribution in [3.8, 4) is 0 Å². The van der Waals surface area contributed by atoms with Crippen molar-refractivity contribution in [3.05, 3.63) is 23.8 Å². The molecule has 1 aromatic rings. The van der Waals surface area contributed by atoms with E-state index in [1.54, 1.807) is 11.0 Å². The standard InChI is InChI=1S/C17H21N3O5S/c21-16-11-12-10-13(3-4-14(12)18-16)26(23,24)20-5-1-2-15(20)17(22)19-6-8-25-9-7-19/h3-4,10,15H,1-2,5-9,11H2,(H,18,21)/t15-/m0/s1. The van der Waals surface area contributed by atoms with Gasteiger partial charge >= 0.3 is 0 Å². The minimum absolute atomic E-state index is 0.134. The van der Waals surface area contributed by atoms with Gasteiger partial charge in [-0.15, -0.1) is 0 Å². The number of hydrogen-bond acceptors (Lipinski definition) is 5. The first-order chi connectivity index (χ1) is 12.5. The van der Waals surface area contributed by atoms with E-state index >= 15 is 0 Å². The number of hydrogen-bond donors (Lipinski definition) is 1. The van der Waals surface area contributed by atoms with Crippen molar-refractivity contribution in [1.29, 1.82) is 0 Å². The Kier molecular flexibility index (Phi) is 4.45. The fraction of sp³-hybridized carbons (Fsp3) is 0.529. The molecule has 0 radical (unpaired) electrons. The van der Waals surface area contributed by atoms with Gasteiger partial charge in [0.15, 0.2) is 0 Å². The molecule has 0 bridgehead atoms. The molecular weight excluding hydrogens is 358 g/mol. The lowest BCUT2D eigenvalue weighted by Gasteiger charge is -2.32. The lowest BCUT2D eigenvalue weighted by Crippen LogP contribution is -2.50. The highest BCUT2D eigenvalue weighted by Crippen LogP contribution is 2.31. The first kappa shape index (κ1) is 17.4. The SMILES string of the molecule is O=C1Cc2cc(S(=O)(=O)N3CCC[C@H]3C(=O)N3CCOCC3)ccc2N1. The van der Waals surface area contributed by atoms with E-state index in [9.17, 15) is 18.0 Å². The number of nitrogens with zero attached hydrogens (tertiary/aromatic N) is 2. The summed E-state index contributed by atoms with van der Waals surface area (Å²) in [5.74, 6) is -0.288. The molecule has 0 aliphatic carbocycles. The van der Waals surface area contributed by atoms with Gasteiger partial charge in [-0.25, -0.2) is 8.42 Å². The van der Waals surface area contributed by atoms with Crippen molar-refractivity contribution in [2.45, 2.75) is 30.2 Å². The molecule has 0 spiro atoms. The van der Waals surface area contributed by atoms with Gasteiger partial charge < -0.3 is 15.0 Å². The molecule has 2 amide bonds. The maximum Gasteiger partial charge on any atom is 0.243 e. The molecule has 1 N–H and O–H groups in total. The molecule has 3 heterocycles. The third kappa shape index (κ3) is 3.00. The van der Waals surface area contributed by atoms with Crippen molar-refractivity contribution >= 4 is 27.5 Å². The molecular formula is C17H21N3O5S. The first-order valence-corrected chi connectivity index (χ1v) is 10.2. The smallest absolute Gasteiger partial charge is 0.243 e. The zero-order valence-electron chi connectivity index (χ0n) is 14.3. The van der Waals surface area contributed by atoms with Gasteiger partial charge in [0.2, 0.25) is 21.8 Å². The van der Waals surface area contributed by atoms with Crippen LogP contribution in [0.2, 0.25) is 0 Å². The van der Waals surface area contributed by atoms with Crippen LogP contribution in [0.3, 0.4) is 0 Å². The quantitative estimate of drug-likeness (QED) is 0.809. The summed E-state index contributed by atoms with van der Waals surface area (Å²) in [6, 6.07) is 3.99. The molecule has 26 heavy (non-hydrogen) atoms. The summed E-state index contributed by atoms with van der Waals surface area (Å²) in [7, 11) is -3.80. The van der Waals surface area contributed by atoms with E-state index in [2.05, 4.69) is 5.32 Å². The van der Waals surface area contributed by atoms with Crippen molar-refractivity contribution in [1.82, 2.24) is 9.21 Å². The summed E-state index contributed by atoms with van der Waals surface area (Å²) in [5.41, 5.74) is 1.32. The molecule has 1 aromatic carbocycles. The number of carbonyl (C=O) groups is 2. The van der Waals surface area contributed by atoms with Crippen LogP contribution in [0.15, 0.2) is 23.1 Å². The third-order valence-electron chi connectivity index (χ3n) is 5.12. The van der Waals surface area contributed by atoms with Crippen LogP contribution in [-0.2, 0) is 30.8 Å². The molecule has 2 saturated heterocycles. The highest BCUT2D eigenvalue weighted by molar-refractivity contribution is 7.89. The van der Waals surface area contributed by atoms with E-state index in [0.29, 0.717) is 56.9 Å². The fourth-order valence-electron chi connectivity index (χ4n) is 3.77. The molecule has 4 rings (SSSR count). The average molecular weight is 379 g/mol. The minimum atomic E-state index is -3.80. The molecule has 1 atom stereocenters. The molecule has 140 valence electrons. The number of rotatable bonds is 3. The second-order valence-corrected chi connectivity index (χ2v) is 8.65. The Morgan fingerprint density at radius 1 is 1.19 bits per heavy atom. The maximum absolute atomic E-state index is 13.1. The highest BCUT2D eigenvalue weighted by atomic mass is 32.2. The molecule has 2 fully saturated rings. The number of fused-ring (bicyclic) bond motifs is 1. The fourth-order valence-corrected chi connectivity index (χ4v) is 5.47. The summed E-state index contributed by atoms with van der Waals surface area (Å²) in [5, 5.41) is 2.70. The zero-order valence-corrected chi connectivity index (χ0v) is 15.1. The van der Waals surface area contributed by atoms with Crippen LogP contribution in [0.4, 0.5) is 5.69 Å². The number of ether oxygens (including phenoxy) is 1. The van der Waals surface area contributed by atoms with E-state index in [-0.39, 0.29) is 23.1 Å². The molecule has 9 heteroatoms. The van der Waals surface area contributed by atoms with Crippen LogP contribution in [0.1, 0.15) is 18.4 Å². The Morgan fingerprint density at radius 2 is 1.96 bits per heavy atom. The van der Waals surface area contributed by atoms with Crippen LogP contribution in [0.5, 0.6) is 0 Å². The number of anilines is 1. The van der Waals surface area contributed by atoms with Gasteiger partial charge in [0.05, 0.1) is 24.5 Å². The van der Waals surface area contributed by atoms with Crippen LogP contribution in [0.25, 0.3) is 0 Å². The van der Waals surface area contributed by atoms with Gasteiger partial charge in [-0.3, -0.25) is 9.59 Å². The lowest BCUT2D eigenvalue weighted by atomic mass is 10.2. The summed E-state index contributed by atoms with van der Waals surface area (Å²) in [4.78, 5) is 26.2. The Labute approximate surface area is 152 Å². The summed E-state index contributed by atoms with van der Waals surface area (Å²) in [6.07, 6.45) is 1.36. The molecule has 8 nitrogen and oxygen atoms in total.